The second-order valence-corrected chi connectivity index (χ2v) is 8.88. The zero-order valence-corrected chi connectivity index (χ0v) is 22.1. The number of carbonyl (C=O) groups is 3. The molecule has 1 N–H and O–H groups in total. The molecule has 1 fully saturated rings. The van der Waals surface area contributed by atoms with E-state index in [2.05, 4.69) is 5.32 Å². The molecule has 196 valence electrons. The van der Waals surface area contributed by atoms with Crippen LogP contribution >= 0.6 is 23.2 Å². The number of urea groups is 1. The molecule has 0 radical (unpaired) electrons. The monoisotopic (exact) mass is 554 g/mol. The number of ether oxygens (including phenoxy) is 3. The van der Waals surface area contributed by atoms with Gasteiger partial charge in [0, 0.05) is 0 Å². The van der Waals surface area contributed by atoms with Gasteiger partial charge in [0.2, 0.25) is 0 Å². The van der Waals surface area contributed by atoms with E-state index in [4.69, 9.17) is 37.4 Å². The molecule has 38 heavy (non-hydrogen) atoms. The zero-order valence-electron chi connectivity index (χ0n) is 20.6. The van der Waals surface area contributed by atoms with Crippen LogP contribution in [0.15, 0.2) is 66.2 Å². The van der Waals surface area contributed by atoms with Crippen molar-refractivity contribution in [2.45, 2.75) is 20.5 Å². The summed E-state index contributed by atoms with van der Waals surface area (Å²) in [5.41, 5.74) is 1.42. The van der Waals surface area contributed by atoms with E-state index < -0.39 is 17.8 Å². The maximum atomic E-state index is 13.2. The molecule has 1 aliphatic heterocycles. The lowest BCUT2D eigenvalue weighted by atomic mass is 10.1. The van der Waals surface area contributed by atoms with Crippen LogP contribution in [-0.4, -0.2) is 31.1 Å². The first kappa shape index (κ1) is 27.0. The Morgan fingerprint density at radius 3 is 2.24 bits per heavy atom. The molecule has 4 amide bonds. The molecule has 8 nitrogen and oxygen atoms in total. The highest BCUT2D eigenvalue weighted by Gasteiger charge is 2.36. The fraction of sp³-hybridized carbons (Fsp3) is 0.179. The van der Waals surface area contributed by atoms with Gasteiger partial charge in [0.25, 0.3) is 11.8 Å². The van der Waals surface area contributed by atoms with Crippen molar-refractivity contribution < 1.29 is 28.6 Å². The number of anilines is 1. The van der Waals surface area contributed by atoms with Crippen LogP contribution in [0, 0.1) is 0 Å². The smallest absolute Gasteiger partial charge is 0.335 e. The summed E-state index contributed by atoms with van der Waals surface area (Å²) in [6.07, 6.45) is 1.40. The quantitative estimate of drug-likeness (QED) is 0.256. The molecule has 1 aliphatic rings. The number of imide groups is 2. The highest BCUT2D eigenvalue weighted by molar-refractivity contribution is 6.42. The van der Waals surface area contributed by atoms with Gasteiger partial charge in [-0.25, -0.2) is 9.69 Å². The van der Waals surface area contributed by atoms with Gasteiger partial charge in [-0.3, -0.25) is 14.9 Å². The number of barbiturate groups is 1. The molecule has 0 spiro atoms. The van der Waals surface area contributed by atoms with Gasteiger partial charge < -0.3 is 14.2 Å². The molecule has 4 rings (SSSR count). The summed E-state index contributed by atoms with van der Waals surface area (Å²) < 4.78 is 17.1. The molecule has 0 aromatic heterocycles. The second kappa shape index (κ2) is 12.0. The van der Waals surface area contributed by atoms with Crippen LogP contribution in [0.5, 0.6) is 17.2 Å². The first-order valence-corrected chi connectivity index (χ1v) is 12.5. The van der Waals surface area contributed by atoms with E-state index in [-0.39, 0.29) is 12.2 Å². The highest BCUT2D eigenvalue weighted by Crippen LogP contribution is 2.32. The third kappa shape index (κ3) is 6.10. The lowest BCUT2D eigenvalue weighted by molar-refractivity contribution is -0.122. The number of carbonyl (C=O) groups excluding carboxylic acids is 3. The Kier molecular flexibility index (Phi) is 8.55. The van der Waals surface area contributed by atoms with Gasteiger partial charge in [-0.2, -0.15) is 0 Å². The molecule has 0 bridgehead atoms. The maximum Gasteiger partial charge on any atom is 0.335 e. The Hall–Kier alpha value is -4.01. The molecule has 1 heterocycles. The normalized spacial score (nSPS) is 14.5. The van der Waals surface area contributed by atoms with Crippen molar-refractivity contribution in [2.75, 3.05) is 18.1 Å². The lowest BCUT2D eigenvalue weighted by Crippen LogP contribution is -2.54. The van der Waals surface area contributed by atoms with Crippen molar-refractivity contribution in [3.05, 3.63) is 87.4 Å². The molecule has 0 saturated carbocycles. The molecule has 3 aromatic rings. The van der Waals surface area contributed by atoms with E-state index in [1.54, 1.807) is 60.7 Å². The summed E-state index contributed by atoms with van der Waals surface area (Å²) >= 11 is 12.1. The SMILES string of the molecule is CCOc1ccc(N2C(=O)NC(=O)/C(=C\c3ccc(OCc4ccc(Cl)c(Cl)c4)c(OCC)c3)C2=O)cc1. The van der Waals surface area contributed by atoms with Gasteiger partial charge in [-0.15, -0.1) is 0 Å². The van der Waals surface area contributed by atoms with E-state index in [1.807, 2.05) is 13.8 Å². The number of nitrogens with zero attached hydrogens (tertiary/aromatic N) is 1. The van der Waals surface area contributed by atoms with Crippen LogP contribution in [-0.2, 0) is 16.2 Å². The van der Waals surface area contributed by atoms with Crippen LogP contribution in [0.4, 0.5) is 10.5 Å². The van der Waals surface area contributed by atoms with Gasteiger partial charge in [0.05, 0.1) is 28.9 Å². The number of hydrogen-bond donors (Lipinski definition) is 1. The predicted molar refractivity (Wildman–Crippen MR) is 145 cm³/mol. The summed E-state index contributed by atoms with van der Waals surface area (Å²) in [5.74, 6) is -0.0607. The van der Waals surface area contributed by atoms with Crippen LogP contribution in [0.1, 0.15) is 25.0 Å². The molecule has 1 saturated heterocycles. The second-order valence-electron chi connectivity index (χ2n) is 8.06. The number of rotatable bonds is 9. The molecule has 0 aliphatic carbocycles. The molecular formula is C28H24Cl2N2O6. The van der Waals surface area contributed by atoms with Crippen molar-refractivity contribution in [1.29, 1.82) is 0 Å². The van der Waals surface area contributed by atoms with Crippen molar-refractivity contribution in [1.82, 2.24) is 5.32 Å². The van der Waals surface area contributed by atoms with E-state index in [0.29, 0.717) is 51.8 Å². The van der Waals surface area contributed by atoms with Crippen LogP contribution < -0.4 is 24.4 Å². The number of nitrogens with one attached hydrogen (secondary N) is 1. The third-order valence-electron chi connectivity index (χ3n) is 5.46. The standard InChI is InChI=1S/C28H24Cl2N2O6/c1-3-36-20-9-7-19(8-10-20)32-27(34)21(26(33)31-28(32)35)13-17-6-12-24(25(15-17)37-4-2)38-16-18-5-11-22(29)23(30)14-18/h5-15H,3-4,16H2,1-2H3,(H,31,33,35)/b21-13+. The summed E-state index contributed by atoms with van der Waals surface area (Å²) in [7, 11) is 0. The minimum atomic E-state index is -0.831. The van der Waals surface area contributed by atoms with Crippen molar-refractivity contribution in [3.8, 4) is 17.2 Å². The Morgan fingerprint density at radius 2 is 1.55 bits per heavy atom. The van der Waals surface area contributed by atoms with Gasteiger partial charge in [0.15, 0.2) is 11.5 Å². The maximum absolute atomic E-state index is 13.2. The minimum absolute atomic E-state index is 0.203. The van der Waals surface area contributed by atoms with Gasteiger partial charge in [0.1, 0.15) is 17.9 Å². The molecule has 3 aromatic carbocycles. The summed E-state index contributed by atoms with van der Waals surface area (Å²) in [6, 6.07) is 15.8. The minimum Gasteiger partial charge on any atom is -0.494 e. The Bertz CT molecular complexity index is 1400. The number of amides is 4. The van der Waals surface area contributed by atoms with E-state index in [0.717, 1.165) is 10.5 Å². The predicted octanol–water partition coefficient (Wildman–Crippen LogP) is 6.04. The lowest BCUT2D eigenvalue weighted by Gasteiger charge is -2.26. The van der Waals surface area contributed by atoms with E-state index >= 15 is 0 Å². The zero-order chi connectivity index (χ0) is 27.2. The summed E-state index contributed by atoms with van der Waals surface area (Å²) in [6.45, 7) is 4.74. The average Bonchev–Trinajstić information content (AvgIpc) is 2.89. The highest BCUT2D eigenvalue weighted by atomic mass is 35.5. The first-order valence-electron chi connectivity index (χ1n) is 11.8. The Labute approximate surface area is 229 Å². The van der Waals surface area contributed by atoms with Crippen LogP contribution in [0.25, 0.3) is 6.08 Å². The number of benzene rings is 3. The van der Waals surface area contributed by atoms with E-state index in [9.17, 15) is 14.4 Å². The Morgan fingerprint density at radius 1 is 0.816 bits per heavy atom. The third-order valence-corrected chi connectivity index (χ3v) is 6.20. The number of hydrogen-bond acceptors (Lipinski definition) is 6. The van der Waals surface area contributed by atoms with Crippen molar-refractivity contribution in [2.24, 2.45) is 0 Å². The molecule has 0 unspecified atom stereocenters. The van der Waals surface area contributed by atoms with Gasteiger partial charge in [-0.1, -0.05) is 35.3 Å². The number of halogens is 2. The fourth-order valence-electron chi connectivity index (χ4n) is 3.71. The van der Waals surface area contributed by atoms with Gasteiger partial charge in [-0.05, 0) is 79.6 Å². The topological polar surface area (TPSA) is 94.2 Å². The average molecular weight is 555 g/mol. The van der Waals surface area contributed by atoms with Gasteiger partial charge >= 0.3 is 6.03 Å². The molecule has 0 atom stereocenters. The first-order chi connectivity index (χ1) is 18.3. The van der Waals surface area contributed by atoms with Crippen LogP contribution in [0.3, 0.4) is 0 Å². The Balaban J connectivity index is 1.58. The van der Waals surface area contributed by atoms with Crippen molar-refractivity contribution in [3.63, 3.8) is 0 Å². The largest absolute Gasteiger partial charge is 0.494 e. The summed E-state index contributed by atoms with van der Waals surface area (Å²) in [4.78, 5) is 39.2. The molecular weight excluding hydrogens is 531 g/mol. The summed E-state index contributed by atoms with van der Waals surface area (Å²) in [5, 5.41) is 3.09. The van der Waals surface area contributed by atoms with E-state index in [1.165, 1.54) is 6.08 Å². The van der Waals surface area contributed by atoms with Crippen LogP contribution in [0.2, 0.25) is 10.0 Å². The van der Waals surface area contributed by atoms with Crippen molar-refractivity contribution >= 4 is 52.8 Å². The molecule has 10 heteroatoms. The fourth-order valence-corrected chi connectivity index (χ4v) is 4.03.